The monoisotopic (exact) mass is 615 g/mol. The number of phenolic OH excluding ortho intramolecular Hbond substituents is 1. The summed E-state index contributed by atoms with van der Waals surface area (Å²) in [5.41, 5.74) is 1.55. The largest absolute Gasteiger partial charge is 0.508 e. The van der Waals surface area contributed by atoms with Gasteiger partial charge in [-0.1, -0.05) is 25.0 Å². The molecule has 246 valence electrons. The highest BCUT2D eigenvalue weighted by Crippen LogP contribution is 2.30. The molecule has 0 aromatic heterocycles. The van der Waals surface area contributed by atoms with E-state index in [1.807, 2.05) is 17.0 Å². The number of carboxylic acids is 1. The lowest BCUT2D eigenvalue weighted by Crippen LogP contribution is -2.56. The molecule has 0 amide bonds. The van der Waals surface area contributed by atoms with Crippen molar-refractivity contribution in [2.45, 2.75) is 57.2 Å². The van der Waals surface area contributed by atoms with Gasteiger partial charge < -0.3 is 30.3 Å². The number of benzene rings is 1. The number of rotatable bonds is 19. The Bertz CT molecular complexity index is 960. The average Bonchev–Trinajstić information content (AvgIpc) is 2.99. The van der Waals surface area contributed by atoms with E-state index in [1.54, 1.807) is 15.9 Å². The first-order valence-corrected chi connectivity index (χ1v) is 14.4. The molecular weight excluding hydrogens is 566 g/mol. The van der Waals surface area contributed by atoms with Gasteiger partial charge in [-0.05, 0) is 43.9 Å². The van der Waals surface area contributed by atoms with Crippen molar-refractivity contribution in [3.63, 3.8) is 0 Å². The summed E-state index contributed by atoms with van der Waals surface area (Å²) in [6.45, 7) is 1.10. The van der Waals surface area contributed by atoms with Crippen LogP contribution in [0.15, 0.2) is 18.2 Å². The predicted molar refractivity (Wildman–Crippen MR) is 156 cm³/mol. The highest BCUT2D eigenvalue weighted by atomic mass is 17.2. The van der Waals surface area contributed by atoms with E-state index in [0.29, 0.717) is 44.5 Å². The molecule has 0 spiro atoms. The smallest absolute Gasteiger partial charge is 0.356 e. The maximum atomic E-state index is 12.3. The number of aromatic hydroxyl groups is 1. The summed E-state index contributed by atoms with van der Waals surface area (Å²) in [5.74, 6) is -2.21. The number of aliphatic hydroxyl groups is 3. The van der Waals surface area contributed by atoms with Crippen LogP contribution in [-0.4, -0.2) is 144 Å². The molecule has 1 aliphatic rings. The first kappa shape index (κ1) is 38.2. The zero-order chi connectivity index (χ0) is 32.2. The van der Waals surface area contributed by atoms with Crippen molar-refractivity contribution in [1.29, 1.82) is 0 Å². The number of methoxy groups -OCH3 is 1. The zero-order valence-electron chi connectivity index (χ0n) is 25.5. The summed E-state index contributed by atoms with van der Waals surface area (Å²) < 4.78 is 4.84. The van der Waals surface area contributed by atoms with Gasteiger partial charge in [0.2, 0.25) is 0 Å². The van der Waals surface area contributed by atoms with Crippen LogP contribution < -0.4 is 0 Å². The number of aliphatic carboxylic acids is 1. The third-order valence-electron chi connectivity index (χ3n) is 7.33. The van der Waals surface area contributed by atoms with E-state index in [4.69, 9.17) is 9.84 Å². The van der Waals surface area contributed by atoms with Crippen LogP contribution in [0, 0.1) is 0 Å². The van der Waals surface area contributed by atoms with Gasteiger partial charge in [-0.15, -0.1) is 0 Å². The lowest BCUT2D eigenvalue weighted by molar-refractivity contribution is -0.256. The van der Waals surface area contributed by atoms with Crippen molar-refractivity contribution in [2.24, 2.45) is 0 Å². The first-order chi connectivity index (χ1) is 20.7. The number of carbonyl (C=O) groups is 3. The van der Waals surface area contributed by atoms with Crippen molar-refractivity contribution in [1.82, 2.24) is 14.7 Å². The molecule has 0 bridgehead atoms. The molecule has 14 nitrogen and oxygen atoms in total. The van der Waals surface area contributed by atoms with Crippen molar-refractivity contribution in [3.05, 3.63) is 29.3 Å². The fraction of sp³-hybridized carbons (Fsp3) is 0.690. The maximum absolute atomic E-state index is 12.3. The summed E-state index contributed by atoms with van der Waals surface area (Å²) in [4.78, 5) is 51.0. The number of carbonyl (C=O) groups excluding carboxylic acids is 2. The molecule has 0 radical (unpaired) electrons. The van der Waals surface area contributed by atoms with Gasteiger partial charge >= 0.3 is 17.9 Å². The van der Waals surface area contributed by atoms with Gasteiger partial charge in [0.1, 0.15) is 12.3 Å². The van der Waals surface area contributed by atoms with Crippen LogP contribution in [0.25, 0.3) is 0 Å². The molecule has 5 N–H and O–H groups in total. The van der Waals surface area contributed by atoms with Crippen molar-refractivity contribution >= 4 is 17.9 Å². The molecule has 2 atom stereocenters. The predicted octanol–water partition coefficient (Wildman–Crippen LogP) is -0.00270. The molecule has 1 aliphatic carbocycles. The van der Waals surface area contributed by atoms with Gasteiger partial charge in [0, 0.05) is 44.4 Å². The van der Waals surface area contributed by atoms with Gasteiger partial charge in [-0.2, -0.15) is 4.89 Å². The number of hydrogen-bond donors (Lipinski definition) is 5. The number of hydrogen-bond acceptors (Lipinski definition) is 13. The van der Waals surface area contributed by atoms with Crippen molar-refractivity contribution in [2.75, 3.05) is 73.8 Å². The maximum Gasteiger partial charge on any atom is 0.356 e. The van der Waals surface area contributed by atoms with Crippen LogP contribution in [0.1, 0.15) is 43.2 Å². The number of aryl methyl sites for hydroxylation is 1. The van der Waals surface area contributed by atoms with Crippen LogP contribution in [-0.2, 0) is 41.9 Å². The second-order valence-electron chi connectivity index (χ2n) is 10.2. The van der Waals surface area contributed by atoms with Crippen LogP contribution in [0.3, 0.4) is 0 Å². The third-order valence-corrected chi connectivity index (χ3v) is 7.33. The minimum Gasteiger partial charge on any atom is -0.508 e. The van der Waals surface area contributed by atoms with Crippen LogP contribution >= 0.6 is 0 Å². The minimum absolute atomic E-state index is 0.00948. The standard InChI is InChI=1S/C28H45N3O10.CH4O/c1-39-27(37)19-31(20-28(38)41-40-2)24-8-4-3-7-23(24)30(18-26(35)36)17-22-16-21(9-10-25(22)34)6-5-11-29(12-14-32)13-15-33;1-2/h9-10,16,23-24,32-34H,3-8,11-15,17-20H2,1-2H3,(H,35,36);2H,1H3. The molecule has 43 heavy (non-hydrogen) atoms. The number of esters is 1. The molecular formula is C29H49N3O11. The quantitative estimate of drug-likeness (QED) is 0.0794. The summed E-state index contributed by atoms with van der Waals surface area (Å²) in [7, 11) is 3.47. The average molecular weight is 616 g/mol. The molecule has 0 aliphatic heterocycles. The molecule has 1 aromatic rings. The summed E-state index contributed by atoms with van der Waals surface area (Å²) in [5, 5.41) is 45.9. The van der Waals surface area contributed by atoms with E-state index in [0.717, 1.165) is 31.9 Å². The SMILES string of the molecule is CO.COOC(=O)CN(CC(=O)OC)C1CCCCC1N(CC(=O)O)Cc1cc(CCCN(CCO)CCO)ccc1O. The zero-order valence-corrected chi connectivity index (χ0v) is 25.5. The van der Waals surface area contributed by atoms with Crippen LogP contribution in [0.5, 0.6) is 5.75 Å². The fourth-order valence-electron chi connectivity index (χ4n) is 5.48. The lowest BCUT2D eigenvalue weighted by Gasteiger charge is -2.44. The molecule has 2 unspecified atom stereocenters. The number of carboxylic acid groups (broad SMARTS) is 1. The molecule has 2 rings (SSSR count). The van der Waals surface area contributed by atoms with E-state index < -0.39 is 17.9 Å². The Hall–Kier alpha value is -2.85. The van der Waals surface area contributed by atoms with Crippen LogP contribution in [0.4, 0.5) is 0 Å². The summed E-state index contributed by atoms with van der Waals surface area (Å²) in [6.07, 6.45) is 4.41. The molecule has 1 aromatic carbocycles. The minimum atomic E-state index is -1.03. The first-order valence-electron chi connectivity index (χ1n) is 14.4. The Morgan fingerprint density at radius 3 is 2.05 bits per heavy atom. The van der Waals surface area contributed by atoms with E-state index >= 15 is 0 Å². The highest BCUT2D eigenvalue weighted by molar-refractivity contribution is 5.74. The highest BCUT2D eigenvalue weighted by Gasteiger charge is 2.37. The Morgan fingerprint density at radius 2 is 1.49 bits per heavy atom. The number of phenols is 1. The van der Waals surface area contributed by atoms with Gasteiger partial charge in [0.25, 0.3) is 0 Å². The summed E-state index contributed by atoms with van der Waals surface area (Å²) >= 11 is 0. The van der Waals surface area contributed by atoms with Gasteiger partial charge in [0.15, 0.2) is 0 Å². The molecule has 1 fully saturated rings. The van der Waals surface area contributed by atoms with E-state index in [-0.39, 0.29) is 57.2 Å². The van der Waals surface area contributed by atoms with E-state index in [1.165, 1.54) is 14.2 Å². The summed E-state index contributed by atoms with van der Waals surface area (Å²) in [6, 6.07) is 4.62. The number of nitrogens with zero attached hydrogens (tertiary/aromatic N) is 3. The van der Waals surface area contributed by atoms with Crippen molar-refractivity contribution < 1.29 is 54.4 Å². The third kappa shape index (κ3) is 14.0. The fourth-order valence-corrected chi connectivity index (χ4v) is 5.48. The van der Waals surface area contributed by atoms with Crippen molar-refractivity contribution in [3.8, 4) is 5.75 Å². The topological polar surface area (TPSA) is 190 Å². The Balaban J connectivity index is 0.00000452. The normalized spacial score (nSPS) is 16.6. The second-order valence-corrected chi connectivity index (χ2v) is 10.2. The number of aliphatic hydroxyl groups excluding tert-OH is 3. The Labute approximate surface area is 253 Å². The molecule has 14 heteroatoms. The molecule has 0 saturated heterocycles. The Morgan fingerprint density at radius 1 is 0.884 bits per heavy atom. The van der Waals surface area contributed by atoms with Gasteiger partial charge in [0.05, 0.1) is 40.5 Å². The van der Waals surface area contributed by atoms with E-state index in [9.17, 15) is 34.8 Å². The van der Waals surface area contributed by atoms with Gasteiger partial charge in [-0.25, -0.2) is 4.79 Å². The molecule has 0 heterocycles. The Kier molecular flexibility index (Phi) is 19.3. The second kappa shape index (κ2) is 21.8. The molecule has 1 saturated carbocycles. The van der Waals surface area contributed by atoms with Gasteiger partial charge in [-0.3, -0.25) is 29.2 Å². The lowest BCUT2D eigenvalue weighted by atomic mass is 9.87. The van der Waals surface area contributed by atoms with E-state index in [2.05, 4.69) is 9.78 Å². The number of ether oxygens (including phenoxy) is 1. The van der Waals surface area contributed by atoms with Crippen LogP contribution in [0.2, 0.25) is 0 Å².